The lowest BCUT2D eigenvalue weighted by atomic mass is 10.1. The van der Waals surface area contributed by atoms with E-state index in [1.165, 1.54) is 4.88 Å². The van der Waals surface area contributed by atoms with E-state index in [4.69, 9.17) is 5.73 Å². The molecule has 5 heteroatoms. The summed E-state index contributed by atoms with van der Waals surface area (Å²) in [6.45, 7) is 6.10. The predicted octanol–water partition coefficient (Wildman–Crippen LogP) is 1.85. The van der Waals surface area contributed by atoms with E-state index >= 15 is 0 Å². The summed E-state index contributed by atoms with van der Waals surface area (Å²) >= 11 is 1.66. The normalized spacial score (nSPS) is 13.1. The van der Waals surface area contributed by atoms with Crippen LogP contribution in [0.3, 0.4) is 0 Å². The number of hydrogen-bond donors (Lipinski definition) is 1. The van der Waals surface area contributed by atoms with Crippen LogP contribution in [-0.2, 0) is 7.05 Å². The van der Waals surface area contributed by atoms with Crippen LogP contribution in [0.15, 0.2) is 6.20 Å². The molecule has 1 atom stereocenters. The van der Waals surface area contributed by atoms with Crippen molar-refractivity contribution in [1.29, 1.82) is 0 Å². The van der Waals surface area contributed by atoms with Crippen molar-refractivity contribution in [3.8, 4) is 0 Å². The lowest BCUT2D eigenvalue weighted by molar-refractivity contribution is 0.733. The molecule has 1 unspecified atom stereocenters. The van der Waals surface area contributed by atoms with Crippen LogP contribution in [0, 0.1) is 20.8 Å². The van der Waals surface area contributed by atoms with Crippen LogP contribution in [0.2, 0.25) is 0 Å². The van der Waals surface area contributed by atoms with Gasteiger partial charge in [-0.05, 0) is 20.8 Å². The van der Waals surface area contributed by atoms with Crippen molar-refractivity contribution in [3.63, 3.8) is 0 Å². The highest BCUT2D eigenvalue weighted by Gasteiger charge is 2.18. The van der Waals surface area contributed by atoms with Crippen molar-refractivity contribution in [2.45, 2.75) is 26.8 Å². The second-order valence-electron chi connectivity index (χ2n) is 3.98. The maximum atomic E-state index is 6.21. The molecule has 16 heavy (non-hydrogen) atoms. The van der Waals surface area contributed by atoms with Gasteiger partial charge in [-0.2, -0.15) is 5.10 Å². The summed E-state index contributed by atoms with van der Waals surface area (Å²) in [4.78, 5) is 5.72. The van der Waals surface area contributed by atoms with Crippen molar-refractivity contribution in [2.75, 3.05) is 0 Å². The molecule has 0 saturated heterocycles. The van der Waals surface area contributed by atoms with Gasteiger partial charge in [0.15, 0.2) is 0 Å². The highest BCUT2D eigenvalue weighted by atomic mass is 32.1. The first kappa shape index (κ1) is 11.3. The molecular formula is C11H16N4S. The third kappa shape index (κ3) is 1.76. The molecule has 0 aliphatic heterocycles. The molecule has 0 aliphatic rings. The molecule has 0 amide bonds. The molecule has 0 aromatic carbocycles. The zero-order valence-electron chi connectivity index (χ0n) is 9.98. The molecule has 2 heterocycles. The van der Waals surface area contributed by atoms with Crippen molar-refractivity contribution in [3.05, 3.63) is 33.0 Å². The van der Waals surface area contributed by atoms with E-state index in [0.29, 0.717) is 0 Å². The van der Waals surface area contributed by atoms with E-state index in [-0.39, 0.29) is 6.04 Å². The number of thiazole rings is 1. The SMILES string of the molecule is Cc1nc(C(N)c2cnn(C)c2C)sc1C. The molecule has 0 saturated carbocycles. The largest absolute Gasteiger partial charge is 0.318 e. The third-order valence-corrected chi connectivity index (χ3v) is 4.08. The first-order chi connectivity index (χ1) is 7.50. The molecule has 0 fully saturated rings. The molecule has 0 bridgehead atoms. The minimum absolute atomic E-state index is 0.161. The van der Waals surface area contributed by atoms with Crippen molar-refractivity contribution in [1.82, 2.24) is 14.8 Å². The summed E-state index contributed by atoms with van der Waals surface area (Å²) in [5.41, 5.74) is 9.42. The van der Waals surface area contributed by atoms with Crippen LogP contribution >= 0.6 is 11.3 Å². The maximum Gasteiger partial charge on any atom is 0.115 e. The highest BCUT2D eigenvalue weighted by molar-refractivity contribution is 7.11. The molecule has 0 aliphatic carbocycles. The van der Waals surface area contributed by atoms with Crippen LogP contribution < -0.4 is 5.73 Å². The van der Waals surface area contributed by atoms with E-state index in [1.807, 2.05) is 31.8 Å². The zero-order chi connectivity index (χ0) is 11.9. The van der Waals surface area contributed by atoms with Gasteiger partial charge in [-0.3, -0.25) is 4.68 Å². The predicted molar refractivity (Wildman–Crippen MR) is 65.6 cm³/mol. The zero-order valence-corrected chi connectivity index (χ0v) is 10.8. The second kappa shape index (κ2) is 3.99. The Morgan fingerprint density at radius 2 is 2.06 bits per heavy atom. The summed E-state index contributed by atoms with van der Waals surface area (Å²) in [5, 5.41) is 5.17. The van der Waals surface area contributed by atoms with Gasteiger partial charge in [0.1, 0.15) is 5.01 Å². The van der Waals surface area contributed by atoms with E-state index in [9.17, 15) is 0 Å². The number of hydrogen-bond acceptors (Lipinski definition) is 4. The Morgan fingerprint density at radius 1 is 1.38 bits per heavy atom. The lowest BCUT2D eigenvalue weighted by Gasteiger charge is -2.07. The molecule has 0 spiro atoms. The Bertz CT molecular complexity index is 493. The Morgan fingerprint density at radius 3 is 2.50 bits per heavy atom. The van der Waals surface area contributed by atoms with Gasteiger partial charge in [0.2, 0.25) is 0 Å². The van der Waals surface area contributed by atoms with Gasteiger partial charge in [-0.25, -0.2) is 4.98 Å². The summed E-state index contributed by atoms with van der Waals surface area (Å²) in [6, 6.07) is -0.161. The second-order valence-corrected chi connectivity index (χ2v) is 5.22. The third-order valence-electron chi connectivity index (χ3n) is 2.92. The van der Waals surface area contributed by atoms with E-state index in [1.54, 1.807) is 11.3 Å². The average molecular weight is 236 g/mol. The highest BCUT2D eigenvalue weighted by Crippen LogP contribution is 2.27. The molecule has 2 aromatic rings. The monoisotopic (exact) mass is 236 g/mol. The summed E-state index contributed by atoms with van der Waals surface area (Å²) in [6.07, 6.45) is 1.83. The fourth-order valence-electron chi connectivity index (χ4n) is 1.58. The van der Waals surface area contributed by atoms with Crippen LogP contribution in [0.5, 0.6) is 0 Å². The average Bonchev–Trinajstić information content (AvgIpc) is 2.73. The van der Waals surface area contributed by atoms with E-state index < -0.39 is 0 Å². The topological polar surface area (TPSA) is 56.7 Å². The first-order valence-corrected chi connectivity index (χ1v) is 6.00. The Labute approximate surface area is 99.1 Å². The van der Waals surface area contributed by atoms with Gasteiger partial charge in [-0.1, -0.05) is 0 Å². The van der Waals surface area contributed by atoms with Gasteiger partial charge < -0.3 is 5.73 Å². The smallest absolute Gasteiger partial charge is 0.115 e. The van der Waals surface area contributed by atoms with Gasteiger partial charge in [0.05, 0.1) is 17.9 Å². The van der Waals surface area contributed by atoms with E-state index in [2.05, 4.69) is 17.0 Å². The standard InChI is InChI=1S/C11H16N4S/c1-6-8(3)16-11(14-6)10(12)9-5-13-15(4)7(9)2/h5,10H,12H2,1-4H3. The number of nitrogens with two attached hydrogens (primary N) is 1. The van der Waals surface area contributed by atoms with Crippen molar-refractivity contribution in [2.24, 2.45) is 12.8 Å². The number of rotatable bonds is 2. The number of nitrogens with zero attached hydrogens (tertiary/aromatic N) is 3. The lowest BCUT2D eigenvalue weighted by Crippen LogP contribution is -2.12. The van der Waals surface area contributed by atoms with Crippen LogP contribution in [0.1, 0.15) is 32.9 Å². The minimum atomic E-state index is -0.161. The number of aromatic nitrogens is 3. The van der Waals surface area contributed by atoms with Crippen LogP contribution in [-0.4, -0.2) is 14.8 Å². The molecule has 2 rings (SSSR count). The quantitative estimate of drug-likeness (QED) is 0.865. The first-order valence-electron chi connectivity index (χ1n) is 5.18. The Kier molecular flexibility index (Phi) is 2.82. The summed E-state index contributed by atoms with van der Waals surface area (Å²) < 4.78 is 1.84. The fourth-order valence-corrected chi connectivity index (χ4v) is 2.53. The van der Waals surface area contributed by atoms with E-state index in [0.717, 1.165) is 22.0 Å². The maximum absolute atomic E-state index is 6.21. The van der Waals surface area contributed by atoms with Gasteiger partial charge in [0, 0.05) is 23.2 Å². The Balaban J connectivity index is 2.38. The van der Waals surface area contributed by atoms with Gasteiger partial charge in [0.25, 0.3) is 0 Å². The Hall–Kier alpha value is -1.20. The number of aryl methyl sites for hydroxylation is 3. The molecule has 2 aromatic heterocycles. The molecule has 2 N–H and O–H groups in total. The minimum Gasteiger partial charge on any atom is -0.318 e. The molecule has 86 valence electrons. The van der Waals surface area contributed by atoms with Gasteiger partial charge >= 0.3 is 0 Å². The fraction of sp³-hybridized carbons (Fsp3) is 0.455. The molecule has 0 radical (unpaired) electrons. The van der Waals surface area contributed by atoms with Crippen LogP contribution in [0.4, 0.5) is 0 Å². The summed E-state index contributed by atoms with van der Waals surface area (Å²) in [5.74, 6) is 0. The van der Waals surface area contributed by atoms with Crippen molar-refractivity contribution < 1.29 is 0 Å². The molecule has 4 nitrogen and oxygen atoms in total. The van der Waals surface area contributed by atoms with Crippen LogP contribution in [0.25, 0.3) is 0 Å². The van der Waals surface area contributed by atoms with Gasteiger partial charge in [-0.15, -0.1) is 11.3 Å². The summed E-state index contributed by atoms with van der Waals surface area (Å²) in [7, 11) is 1.92. The molecular weight excluding hydrogens is 220 g/mol. The van der Waals surface area contributed by atoms with Crippen molar-refractivity contribution >= 4 is 11.3 Å².